The Bertz CT molecular complexity index is 423. The average Bonchev–Trinajstić information content (AvgIpc) is 2.40. The van der Waals surface area contributed by atoms with Crippen LogP contribution in [0.3, 0.4) is 0 Å². The summed E-state index contributed by atoms with van der Waals surface area (Å²) >= 11 is 0. The van der Waals surface area contributed by atoms with Crippen LogP contribution in [-0.2, 0) is 11.3 Å². The van der Waals surface area contributed by atoms with Gasteiger partial charge in [-0.1, -0.05) is 0 Å². The second-order valence-electron chi connectivity index (χ2n) is 4.84. The Morgan fingerprint density at radius 2 is 2.33 bits per heavy atom. The average molecular weight is 251 g/mol. The molecule has 2 heterocycles. The third-order valence-electron chi connectivity index (χ3n) is 3.48. The van der Waals surface area contributed by atoms with Crippen molar-refractivity contribution in [2.75, 3.05) is 32.0 Å². The highest BCUT2D eigenvalue weighted by atomic mass is 16.5. The van der Waals surface area contributed by atoms with Crippen LogP contribution in [0.15, 0.2) is 6.20 Å². The lowest BCUT2D eigenvalue weighted by atomic mass is 10.1. The predicted molar refractivity (Wildman–Crippen MR) is 70.2 cm³/mol. The summed E-state index contributed by atoms with van der Waals surface area (Å²) in [4.78, 5) is 6.70. The molecular formula is C13H21N3O2. The fourth-order valence-electron chi connectivity index (χ4n) is 2.20. The first-order chi connectivity index (χ1) is 8.61. The van der Waals surface area contributed by atoms with Crippen LogP contribution in [0.2, 0.25) is 0 Å². The van der Waals surface area contributed by atoms with E-state index in [4.69, 9.17) is 15.6 Å². The fourth-order valence-corrected chi connectivity index (χ4v) is 2.20. The Kier molecular flexibility index (Phi) is 4.16. The Morgan fingerprint density at radius 3 is 3.06 bits per heavy atom. The van der Waals surface area contributed by atoms with Gasteiger partial charge in [-0.3, -0.25) is 9.88 Å². The molecule has 1 aromatic heterocycles. The maximum absolute atomic E-state index is 9.12. The second-order valence-corrected chi connectivity index (χ2v) is 4.84. The molecule has 0 spiro atoms. The first-order valence-electron chi connectivity index (χ1n) is 6.27. The first kappa shape index (κ1) is 13.3. The highest BCUT2D eigenvalue weighted by Crippen LogP contribution is 2.20. The zero-order valence-electron chi connectivity index (χ0n) is 11.0. The molecule has 1 unspecified atom stereocenters. The molecular weight excluding hydrogens is 230 g/mol. The van der Waals surface area contributed by atoms with E-state index in [1.807, 2.05) is 20.0 Å². The van der Waals surface area contributed by atoms with Crippen molar-refractivity contribution in [2.45, 2.75) is 26.5 Å². The monoisotopic (exact) mass is 251 g/mol. The first-order valence-corrected chi connectivity index (χ1v) is 6.27. The van der Waals surface area contributed by atoms with Crippen LogP contribution in [0.1, 0.15) is 16.8 Å². The van der Waals surface area contributed by atoms with Gasteiger partial charge in [-0.15, -0.1) is 0 Å². The summed E-state index contributed by atoms with van der Waals surface area (Å²) in [5, 5.41) is 9.12. The zero-order chi connectivity index (χ0) is 13.1. The molecule has 3 N–H and O–H groups in total. The summed E-state index contributed by atoms with van der Waals surface area (Å²) in [5.41, 5.74) is 9.93. The van der Waals surface area contributed by atoms with Gasteiger partial charge in [0.15, 0.2) is 0 Å². The van der Waals surface area contributed by atoms with Crippen molar-refractivity contribution in [1.29, 1.82) is 0 Å². The van der Waals surface area contributed by atoms with E-state index < -0.39 is 0 Å². The van der Waals surface area contributed by atoms with Crippen LogP contribution in [-0.4, -0.2) is 47.4 Å². The predicted octanol–water partition coefficient (Wildman–Crippen LogP) is 0.474. The molecule has 0 bridgehead atoms. The molecule has 18 heavy (non-hydrogen) atoms. The van der Waals surface area contributed by atoms with Crippen molar-refractivity contribution in [3.63, 3.8) is 0 Å². The fraction of sp³-hybridized carbons (Fsp3) is 0.615. The molecule has 0 aromatic carbocycles. The molecule has 0 amide bonds. The molecule has 1 aliphatic heterocycles. The smallest absolute Gasteiger partial charge is 0.0933 e. The Morgan fingerprint density at radius 1 is 1.56 bits per heavy atom. The maximum Gasteiger partial charge on any atom is 0.0933 e. The summed E-state index contributed by atoms with van der Waals surface area (Å²) < 4.78 is 5.43. The third kappa shape index (κ3) is 2.80. The zero-order valence-corrected chi connectivity index (χ0v) is 11.0. The number of hydrogen-bond donors (Lipinski definition) is 2. The lowest BCUT2D eigenvalue weighted by Gasteiger charge is -2.32. The Hall–Kier alpha value is -1.17. The summed E-state index contributed by atoms with van der Waals surface area (Å²) in [6.07, 6.45) is 1.74. The van der Waals surface area contributed by atoms with E-state index >= 15 is 0 Å². The van der Waals surface area contributed by atoms with Crippen LogP contribution in [0.25, 0.3) is 0 Å². The van der Waals surface area contributed by atoms with E-state index in [1.54, 1.807) is 0 Å². The number of anilines is 1. The van der Waals surface area contributed by atoms with Gasteiger partial charge in [0.05, 0.1) is 25.0 Å². The number of nitrogens with two attached hydrogens (primary N) is 1. The third-order valence-corrected chi connectivity index (χ3v) is 3.48. The topological polar surface area (TPSA) is 71.6 Å². The number of nitrogens with zero attached hydrogens (tertiary/aromatic N) is 2. The normalized spacial score (nSPS) is 21.2. The summed E-state index contributed by atoms with van der Waals surface area (Å²) in [5.74, 6) is 0. The van der Waals surface area contributed by atoms with Gasteiger partial charge in [0, 0.05) is 31.5 Å². The number of rotatable bonds is 3. The minimum Gasteiger partial charge on any atom is -0.398 e. The molecule has 0 saturated carbocycles. The van der Waals surface area contributed by atoms with Crippen molar-refractivity contribution >= 4 is 5.69 Å². The summed E-state index contributed by atoms with van der Waals surface area (Å²) in [6, 6.07) is 0. The lowest BCUT2D eigenvalue weighted by molar-refractivity contribution is -0.0554. The van der Waals surface area contributed by atoms with Gasteiger partial charge in [0.1, 0.15) is 0 Å². The number of morpholine rings is 1. The van der Waals surface area contributed by atoms with E-state index in [-0.39, 0.29) is 12.7 Å². The quantitative estimate of drug-likeness (QED) is 0.817. The van der Waals surface area contributed by atoms with Gasteiger partial charge in [0.2, 0.25) is 0 Å². The molecule has 0 radical (unpaired) electrons. The van der Waals surface area contributed by atoms with Crippen molar-refractivity contribution in [2.24, 2.45) is 0 Å². The lowest BCUT2D eigenvalue weighted by Crippen LogP contribution is -2.43. The van der Waals surface area contributed by atoms with Gasteiger partial charge in [-0.05, 0) is 25.0 Å². The van der Waals surface area contributed by atoms with Crippen LogP contribution in [0.5, 0.6) is 0 Å². The van der Waals surface area contributed by atoms with Crippen molar-refractivity contribution < 1.29 is 9.84 Å². The van der Waals surface area contributed by atoms with E-state index in [1.165, 1.54) is 0 Å². The number of aliphatic hydroxyl groups excluding tert-OH is 1. The number of aryl methyl sites for hydroxylation is 1. The molecule has 1 aliphatic rings. The minimum atomic E-state index is -0.0816. The van der Waals surface area contributed by atoms with Crippen LogP contribution in [0.4, 0.5) is 5.69 Å². The SMILES string of the molecule is Cc1cnc(CN2CCOC(CO)C2)c(C)c1N. The van der Waals surface area contributed by atoms with E-state index in [2.05, 4.69) is 9.88 Å². The number of aromatic nitrogens is 1. The van der Waals surface area contributed by atoms with Crippen molar-refractivity contribution in [1.82, 2.24) is 9.88 Å². The van der Waals surface area contributed by atoms with Crippen molar-refractivity contribution in [3.8, 4) is 0 Å². The molecule has 1 saturated heterocycles. The van der Waals surface area contributed by atoms with Gasteiger partial charge in [-0.2, -0.15) is 0 Å². The summed E-state index contributed by atoms with van der Waals surface area (Å²) in [6.45, 7) is 7.07. The highest BCUT2D eigenvalue weighted by Gasteiger charge is 2.20. The van der Waals surface area contributed by atoms with Gasteiger partial charge in [-0.25, -0.2) is 0 Å². The van der Waals surface area contributed by atoms with Gasteiger partial charge >= 0.3 is 0 Å². The number of aliphatic hydroxyl groups is 1. The number of pyridine rings is 1. The van der Waals surface area contributed by atoms with E-state index in [0.29, 0.717) is 6.61 Å². The standard InChI is InChI=1S/C13H21N3O2/c1-9-5-15-12(10(2)13(9)14)7-16-3-4-18-11(6-16)8-17/h5,11,17H,3-4,6-8H2,1-2H3,(H2,14,15). The van der Waals surface area contributed by atoms with Crippen LogP contribution in [0, 0.1) is 13.8 Å². The van der Waals surface area contributed by atoms with Crippen molar-refractivity contribution in [3.05, 3.63) is 23.0 Å². The molecule has 0 aliphatic carbocycles. The highest BCUT2D eigenvalue weighted by molar-refractivity contribution is 5.53. The Labute approximate surface area is 108 Å². The maximum atomic E-state index is 9.12. The molecule has 2 rings (SSSR count). The van der Waals surface area contributed by atoms with Gasteiger partial charge < -0.3 is 15.6 Å². The van der Waals surface area contributed by atoms with E-state index in [0.717, 1.165) is 42.1 Å². The molecule has 5 heteroatoms. The number of ether oxygens (including phenoxy) is 1. The molecule has 1 fully saturated rings. The number of nitrogen functional groups attached to an aromatic ring is 1. The second kappa shape index (κ2) is 5.65. The summed E-state index contributed by atoms with van der Waals surface area (Å²) in [7, 11) is 0. The number of hydrogen-bond acceptors (Lipinski definition) is 5. The minimum absolute atomic E-state index is 0.0684. The Balaban J connectivity index is 2.07. The molecule has 5 nitrogen and oxygen atoms in total. The molecule has 100 valence electrons. The van der Waals surface area contributed by atoms with Crippen LogP contribution >= 0.6 is 0 Å². The van der Waals surface area contributed by atoms with Gasteiger partial charge in [0.25, 0.3) is 0 Å². The van der Waals surface area contributed by atoms with E-state index in [9.17, 15) is 0 Å². The largest absolute Gasteiger partial charge is 0.398 e. The molecule has 1 aromatic rings. The van der Waals surface area contributed by atoms with Crippen LogP contribution < -0.4 is 5.73 Å². The molecule has 1 atom stereocenters.